The predicted octanol–water partition coefficient (Wildman–Crippen LogP) is 2.79. The van der Waals surface area contributed by atoms with Crippen LogP contribution in [0.3, 0.4) is 0 Å². The summed E-state index contributed by atoms with van der Waals surface area (Å²) in [5.41, 5.74) is -0.816. The largest absolute Gasteiger partial charge is 0.348 e. The summed E-state index contributed by atoms with van der Waals surface area (Å²) >= 11 is 0. The molecule has 1 aromatic carbocycles. The third-order valence-corrected chi connectivity index (χ3v) is 4.38. The van der Waals surface area contributed by atoms with Crippen LogP contribution in [0.5, 0.6) is 0 Å². The van der Waals surface area contributed by atoms with E-state index in [1.807, 2.05) is 0 Å². The molecule has 9 heteroatoms. The summed E-state index contributed by atoms with van der Waals surface area (Å²) in [5, 5.41) is 2.75. The molecule has 0 saturated heterocycles. The predicted molar refractivity (Wildman–Crippen MR) is 93.5 cm³/mol. The van der Waals surface area contributed by atoms with Gasteiger partial charge in [-0.3, -0.25) is 14.6 Å². The van der Waals surface area contributed by atoms with Crippen LogP contribution < -0.4 is 15.8 Å². The number of benzene rings is 1. The summed E-state index contributed by atoms with van der Waals surface area (Å²) in [6, 6.07) is 3.99. The first kappa shape index (κ1) is 18.9. The van der Waals surface area contributed by atoms with Crippen molar-refractivity contribution in [1.29, 1.82) is 0 Å². The number of anilines is 1. The average Bonchev–Trinajstić information content (AvgIpc) is 3.43. The van der Waals surface area contributed by atoms with Crippen molar-refractivity contribution in [1.82, 2.24) is 15.3 Å². The number of aromatic amines is 1. The molecule has 0 spiro atoms. The number of alkyl halides is 2. The number of aromatic nitrogens is 2. The molecule has 1 aliphatic rings. The monoisotopic (exact) mass is 380 g/mol. The van der Waals surface area contributed by atoms with Crippen LogP contribution in [0.15, 0.2) is 29.1 Å². The zero-order chi connectivity index (χ0) is 19.7. The summed E-state index contributed by atoms with van der Waals surface area (Å²) in [6.07, 6.45) is -1.25. The maximum absolute atomic E-state index is 13.9. The second kappa shape index (κ2) is 7.42. The lowest BCUT2D eigenvalue weighted by Crippen LogP contribution is -2.32. The van der Waals surface area contributed by atoms with Gasteiger partial charge in [-0.15, -0.1) is 0 Å². The number of nitrogens with one attached hydrogen (secondary N) is 2. The molecule has 1 amide bonds. The SMILES string of the molecule is CN(C)c1nc(C(=O)NC(c2ccc(C(F)F)c(F)c2)C2CC2)cc(=O)[nH]1. The van der Waals surface area contributed by atoms with Gasteiger partial charge in [-0.25, -0.2) is 18.2 Å². The topological polar surface area (TPSA) is 78.1 Å². The van der Waals surface area contributed by atoms with Crippen molar-refractivity contribution < 1.29 is 18.0 Å². The van der Waals surface area contributed by atoms with Crippen LogP contribution >= 0.6 is 0 Å². The molecule has 2 aromatic rings. The summed E-state index contributed by atoms with van der Waals surface area (Å²) in [7, 11) is 3.33. The fourth-order valence-corrected chi connectivity index (χ4v) is 2.80. The normalized spacial score (nSPS) is 14.9. The highest BCUT2D eigenvalue weighted by Crippen LogP contribution is 2.41. The van der Waals surface area contributed by atoms with Crippen molar-refractivity contribution in [2.45, 2.75) is 25.3 Å². The summed E-state index contributed by atoms with van der Waals surface area (Å²) in [5.74, 6) is -1.28. The van der Waals surface area contributed by atoms with Gasteiger partial charge in [0.15, 0.2) is 0 Å². The third kappa shape index (κ3) is 4.29. The maximum Gasteiger partial charge on any atom is 0.270 e. The van der Waals surface area contributed by atoms with Crippen LogP contribution in [0.1, 0.15) is 46.9 Å². The first-order valence-corrected chi connectivity index (χ1v) is 8.43. The molecule has 3 rings (SSSR count). The lowest BCUT2D eigenvalue weighted by molar-refractivity contribution is 0.0926. The molecule has 27 heavy (non-hydrogen) atoms. The van der Waals surface area contributed by atoms with Crippen LogP contribution in [0.25, 0.3) is 0 Å². The van der Waals surface area contributed by atoms with Gasteiger partial charge in [0.05, 0.1) is 11.6 Å². The fourth-order valence-electron chi connectivity index (χ4n) is 2.80. The van der Waals surface area contributed by atoms with E-state index >= 15 is 0 Å². The van der Waals surface area contributed by atoms with Crippen LogP contribution in [0.2, 0.25) is 0 Å². The van der Waals surface area contributed by atoms with Gasteiger partial charge in [0, 0.05) is 20.2 Å². The van der Waals surface area contributed by atoms with E-state index in [4.69, 9.17) is 0 Å². The van der Waals surface area contributed by atoms with E-state index in [9.17, 15) is 22.8 Å². The van der Waals surface area contributed by atoms with E-state index in [2.05, 4.69) is 15.3 Å². The van der Waals surface area contributed by atoms with Crippen molar-refractivity contribution in [3.8, 4) is 0 Å². The molecular weight excluding hydrogens is 361 g/mol. The van der Waals surface area contributed by atoms with Gasteiger partial charge < -0.3 is 10.2 Å². The minimum Gasteiger partial charge on any atom is -0.348 e. The Bertz CT molecular complexity index is 910. The third-order valence-electron chi connectivity index (χ3n) is 4.38. The highest BCUT2D eigenvalue weighted by Gasteiger charge is 2.34. The van der Waals surface area contributed by atoms with E-state index in [0.717, 1.165) is 31.0 Å². The number of H-pyrrole nitrogens is 1. The highest BCUT2D eigenvalue weighted by molar-refractivity contribution is 5.92. The molecular formula is C18H19F3N4O2. The van der Waals surface area contributed by atoms with Crippen molar-refractivity contribution in [3.63, 3.8) is 0 Å². The number of halogens is 3. The molecule has 1 fully saturated rings. The van der Waals surface area contributed by atoms with Crippen molar-refractivity contribution in [2.75, 3.05) is 19.0 Å². The molecule has 2 N–H and O–H groups in total. The van der Waals surface area contributed by atoms with E-state index in [1.54, 1.807) is 19.0 Å². The van der Waals surface area contributed by atoms with E-state index in [1.165, 1.54) is 6.07 Å². The molecule has 1 atom stereocenters. The number of carbonyl (C=O) groups is 1. The lowest BCUT2D eigenvalue weighted by atomic mass is 10.00. The van der Waals surface area contributed by atoms with Crippen LogP contribution in [0.4, 0.5) is 19.1 Å². The zero-order valence-electron chi connectivity index (χ0n) is 14.8. The van der Waals surface area contributed by atoms with Gasteiger partial charge in [-0.05, 0) is 30.4 Å². The van der Waals surface area contributed by atoms with Gasteiger partial charge in [0.25, 0.3) is 17.9 Å². The molecule has 1 saturated carbocycles. The van der Waals surface area contributed by atoms with Gasteiger partial charge in [0.2, 0.25) is 5.95 Å². The molecule has 1 aliphatic carbocycles. The molecule has 6 nitrogen and oxygen atoms in total. The van der Waals surface area contributed by atoms with E-state index in [0.29, 0.717) is 5.56 Å². The van der Waals surface area contributed by atoms with Crippen LogP contribution in [-0.4, -0.2) is 30.0 Å². The second-order valence-electron chi connectivity index (χ2n) is 6.72. The summed E-state index contributed by atoms with van der Waals surface area (Å²) < 4.78 is 39.4. The first-order valence-electron chi connectivity index (χ1n) is 8.43. The highest BCUT2D eigenvalue weighted by atomic mass is 19.3. The van der Waals surface area contributed by atoms with E-state index in [-0.39, 0.29) is 17.6 Å². The number of carbonyl (C=O) groups excluding carboxylic acids is 1. The van der Waals surface area contributed by atoms with Crippen LogP contribution in [0, 0.1) is 11.7 Å². The maximum atomic E-state index is 13.9. The zero-order valence-corrected chi connectivity index (χ0v) is 14.8. The lowest BCUT2D eigenvalue weighted by Gasteiger charge is -2.20. The first-order chi connectivity index (χ1) is 12.8. The molecule has 0 bridgehead atoms. The smallest absolute Gasteiger partial charge is 0.270 e. The Kier molecular flexibility index (Phi) is 5.20. The Balaban J connectivity index is 1.86. The molecule has 144 valence electrons. The molecule has 0 aliphatic heterocycles. The van der Waals surface area contributed by atoms with Crippen molar-refractivity contribution in [3.05, 3.63) is 57.3 Å². The van der Waals surface area contributed by atoms with Crippen molar-refractivity contribution >= 4 is 11.9 Å². The second-order valence-corrected chi connectivity index (χ2v) is 6.72. The van der Waals surface area contributed by atoms with Crippen molar-refractivity contribution in [2.24, 2.45) is 5.92 Å². The summed E-state index contributed by atoms with van der Waals surface area (Å²) in [6.45, 7) is 0. The number of hydrogen-bond donors (Lipinski definition) is 2. The molecule has 1 heterocycles. The fraction of sp³-hybridized carbons (Fsp3) is 0.389. The number of rotatable bonds is 6. The Labute approximate surface area is 153 Å². The van der Waals surface area contributed by atoms with Gasteiger partial charge in [-0.2, -0.15) is 0 Å². The standard InChI is InChI=1S/C18H19F3N4O2/c1-25(2)18-22-13(8-14(26)23-18)17(27)24-15(9-3-4-9)10-5-6-11(16(20)21)12(19)7-10/h5-9,15-16H,3-4H2,1-2H3,(H,24,27)(H,22,23,26). The Morgan fingerprint density at radius 2 is 2.00 bits per heavy atom. The average molecular weight is 380 g/mol. The minimum absolute atomic E-state index is 0.0715. The molecule has 1 unspecified atom stereocenters. The Morgan fingerprint density at radius 1 is 1.30 bits per heavy atom. The Morgan fingerprint density at radius 3 is 2.56 bits per heavy atom. The quantitative estimate of drug-likeness (QED) is 0.808. The number of nitrogens with zero attached hydrogens (tertiary/aromatic N) is 2. The van der Waals surface area contributed by atoms with Gasteiger partial charge >= 0.3 is 0 Å². The van der Waals surface area contributed by atoms with Crippen LogP contribution in [-0.2, 0) is 0 Å². The minimum atomic E-state index is -2.90. The molecule has 0 radical (unpaired) electrons. The van der Waals surface area contributed by atoms with Gasteiger partial charge in [0.1, 0.15) is 11.5 Å². The van der Waals surface area contributed by atoms with E-state index < -0.39 is 35.3 Å². The Hall–Kier alpha value is -2.84. The molecule has 1 aromatic heterocycles. The number of amides is 1. The van der Waals surface area contributed by atoms with Gasteiger partial charge in [-0.1, -0.05) is 12.1 Å². The number of hydrogen-bond acceptors (Lipinski definition) is 4. The summed E-state index contributed by atoms with van der Waals surface area (Å²) in [4.78, 5) is 32.5.